The highest BCUT2D eigenvalue weighted by molar-refractivity contribution is 7.88. The fraction of sp³-hybridized carbons (Fsp3) is 0.647. The number of hydrogen-bond donors (Lipinski definition) is 1. The Labute approximate surface area is 135 Å². The molecular formula is C17H28N2O2S. The van der Waals surface area contributed by atoms with Crippen molar-refractivity contribution in [2.24, 2.45) is 5.92 Å². The second-order valence-electron chi connectivity index (χ2n) is 6.59. The number of rotatable bonds is 6. The van der Waals surface area contributed by atoms with Crippen LogP contribution in [0.3, 0.4) is 0 Å². The van der Waals surface area contributed by atoms with Crippen LogP contribution in [0.2, 0.25) is 0 Å². The van der Waals surface area contributed by atoms with E-state index >= 15 is 0 Å². The second kappa shape index (κ2) is 7.57. The fourth-order valence-electron chi connectivity index (χ4n) is 3.13. The molecule has 0 radical (unpaired) electrons. The molecular weight excluding hydrogens is 296 g/mol. The van der Waals surface area contributed by atoms with Crippen molar-refractivity contribution in [1.29, 1.82) is 0 Å². The summed E-state index contributed by atoms with van der Waals surface area (Å²) in [6, 6.07) is 11.4. The van der Waals surface area contributed by atoms with Gasteiger partial charge in [0.25, 0.3) is 0 Å². The Morgan fingerprint density at radius 3 is 2.59 bits per heavy atom. The first kappa shape index (κ1) is 17.4. The van der Waals surface area contributed by atoms with Crippen LogP contribution in [0.25, 0.3) is 0 Å². The van der Waals surface area contributed by atoms with E-state index in [4.69, 9.17) is 0 Å². The molecule has 22 heavy (non-hydrogen) atoms. The van der Waals surface area contributed by atoms with Crippen LogP contribution >= 0.6 is 0 Å². The molecule has 1 N–H and O–H groups in total. The molecule has 0 aliphatic carbocycles. The zero-order chi connectivity index (χ0) is 16.2. The third kappa shape index (κ3) is 5.07. The van der Waals surface area contributed by atoms with Crippen LogP contribution in [0.15, 0.2) is 30.3 Å². The van der Waals surface area contributed by atoms with E-state index in [0.717, 1.165) is 19.3 Å². The van der Waals surface area contributed by atoms with Crippen LogP contribution in [-0.2, 0) is 16.4 Å². The van der Waals surface area contributed by atoms with E-state index in [1.165, 1.54) is 11.8 Å². The van der Waals surface area contributed by atoms with Gasteiger partial charge in [0.1, 0.15) is 0 Å². The van der Waals surface area contributed by atoms with Gasteiger partial charge in [-0.2, -0.15) is 0 Å². The minimum atomic E-state index is -3.05. The molecule has 4 nitrogen and oxygen atoms in total. The Kier molecular flexibility index (Phi) is 6.01. The number of nitrogens with one attached hydrogen (secondary N) is 1. The summed E-state index contributed by atoms with van der Waals surface area (Å²) >= 11 is 0. The molecule has 0 bridgehead atoms. The van der Waals surface area contributed by atoms with Crippen molar-refractivity contribution >= 4 is 10.0 Å². The summed E-state index contributed by atoms with van der Waals surface area (Å²) in [6.07, 6.45) is 4.37. The molecule has 1 aromatic carbocycles. The first-order chi connectivity index (χ1) is 10.4. The summed E-state index contributed by atoms with van der Waals surface area (Å²) in [7, 11) is -3.05. The summed E-state index contributed by atoms with van der Waals surface area (Å²) in [5, 5.41) is 3.69. The average molecular weight is 324 g/mol. The maximum absolute atomic E-state index is 11.6. The van der Waals surface area contributed by atoms with Gasteiger partial charge in [-0.05, 0) is 37.7 Å². The molecule has 1 aromatic rings. The van der Waals surface area contributed by atoms with Crippen LogP contribution in [0.4, 0.5) is 0 Å². The first-order valence-corrected chi connectivity index (χ1v) is 9.96. The molecule has 1 aliphatic rings. The van der Waals surface area contributed by atoms with Crippen LogP contribution in [0.1, 0.15) is 32.3 Å². The zero-order valence-electron chi connectivity index (χ0n) is 13.8. The van der Waals surface area contributed by atoms with E-state index in [1.807, 2.05) is 6.07 Å². The van der Waals surface area contributed by atoms with Crippen LogP contribution in [0, 0.1) is 5.92 Å². The predicted octanol–water partition coefficient (Wildman–Crippen LogP) is 2.27. The number of benzene rings is 1. The van der Waals surface area contributed by atoms with Crippen molar-refractivity contribution in [3.8, 4) is 0 Å². The van der Waals surface area contributed by atoms with Gasteiger partial charge in [-0.15, -0.1) is 0 Å². The average Bonchev–Trinajstić information content (AvgIpc) is 2.47. The lowest BCUT2D eigenvalue weighted by molar-refractivity contribution is 0.208. The van der Waals surface area contributed by atoms with Gasteiger partial charge in [-0.25, -0.2) is 12.7 Å². The Bertz CT molecular complexity index is 559. The third-order valence-electron chi connectivity index (χ3n) is 4.54. The normalized spacial score (nSPS) is 25.0. The van der Waals surface area contributed by atoms with E-state index in [1.54, 1.807) is 4.31 Å². The summed E-state index contributed by atoms with van der Waals surface area (Å²) in [5.41, 5.74) is 1.37. The highest BCUT2D eigenvalue weighted by Gasteiger charge is 2.30. The van der Waals surface area contributed by atoms with E-state index in [-0.39, 0.29) is 0 Å². The number of aryl methyl sites for hydroxylation is 1. The van der Waals surface area contributed by atoms with Gasteiger partial charge in [-0.1, -0.05) is 37.3 Å². The topological polar surface area (TPSA) is 49.4 Å². The summed E-state index contributed by atoms with van der Waals surface area (Å²) in [4.78, 5) is 0. The smallest absolute Gasteiger partial charge is 0.211 e. The van der Waals surface area contributed by atoms with Crippen molar-refractivity contribution in [1.82, 2.24) is 9.62 Å². The Balaban J connectivity index is 1.79. The van der Waals surface area contributed by atoms with Gasteiger partial charge in [0.05, 0.1) is 6.26 Å². The molecule has 2 rings (SSSR count). The SMILES string of the molecule is CC(CCc1ccccc1)NC1CCN(S(C)(=O)=O)CC1C. The predicted molar refractivity (Wildman–Crippen MR) is 91.3 cm³/mol. The second-order valence-corrected chi connectivity index (χ2v) is 8.57. The Hall–Kier alpha value is -0.910. The van der Waals surface area contributed by atoms with E-state index in [2.05, 4.69) is 43.4 Å². The van der Waals surface area contributed by atoms with Crippen molar-refractivity contribution in [2.75, 3.05) is 19.3 Å². The van der Waals surface area contributed by atoms with Gasteiger partial charge in [0.2, 0.25) is 10.0 Å². The van der Waals surface area contributed by atoms with Crippen LogP contribution in [-0.4, -0.2) is 44.2 Å². The van der Waals surface area contributed by atoms with Crippen LogP contribution < -0.4 is 5.32 Å². The maximum Gasteiger partial charge on any atom is 0.211 e. The number of hydrogen-bond acceptors (Lipinski definition) is 3. The number of sulfonamides is 1. The fourth-order valence-corrected chi connectivity index (χ4v) is 4.08. The van der Waals surface area contributed by atoms with E-state index < -0.39 is 10.0 Å². The minimum Gasteiger partial charge on any atom is -0.311 e. The number of piperidine rings is 1. The monoisotopic (exact) mass is 324 g/mol. The quantitative estimate of drug-likeness (QED) is 0.873. The molecule has 1 saturated heterocycles. The summed E-state index contributed by atoms with van der Waals surface area (Å²) in [6.45, 7) is 5.62. The Morgan fingerprint density at radius 2 is 2.00 bits per heavy atom. The molecule has 0 amide bonds. The molecule has 1 heterocycles. The van der Waals surface area contributed by atoms with Gasteiger partial charge >= 0.3 is 0 Å². The highest BCUT2D eigenvalue weighted by atomic mass is 32.2. The third-order valence-corrected chi connectivity index (χ3v) is 5.81. The zero-order valence-corrected chi connectivity index (χ0v) is 14.6. The summed E-state index contributed by atoms with van der Waals surface area (Å²) in [5.74, 6) is 0.350. The lowest BCUT2D eigenvalue weighted by Gasteiger charge is -2.37. The summed E-state index contributed by atoms with van der Waals surface area (Å²) < 4.78 is 24.9. The maximum atomic E-state index is 11.6. The molecule has 3 unspecified atom stereocenters. The molecule has 1 fully saturated rings. The first-order valence-electron chi connectivity index (χ1n) is 8.11. The van der Waals surface area contributed by atoms with E-state index in [0.29, 0.717) is 31.1 Å². The van der Waals surface area contributed by atoms with Crippen molar-refractivity contribution in [3.63, 3.8) is 0 Å². The molecule has 0 aromatic heterocycles. The van der Waals surface area contributed by atoms with Crippen molar-refractivity contribution in [2.45, 2.75) is 45.2 Å². The van der Waals surface area contributed by atoms with Crippen molar-refractivity contribution < 1.29 is 8.42 Å². The number of nitrogens with zero attached hydrogens (tertiary/aromatic N) is 1. The lowest BCUT2D eigenvalue weighted by atomic mass is 9.94. The molecule has 124 valence electrons. The molecule has 5 heteroatoms. The van der Waals surface area contributed by atoms with Gasteiger partial charge < -0.3 is 5.32 Å². The minimum absolute atomic E-state index is 0.350. The largest absolute Gasteiger partial charge is 0.311 e. The molecule has 0 spiro atoms. The van der Waals surface area contributed by atoms with Gasteiger partial charge in [-0.3, -0.25) is 0 Å². The molecule has 1 aliphatic heterocycles. The van der Waals surface area contributed by atoms with Gasteiger partial charge in [0.15, 0.2) is 0 Å². The van der Waals surface area contributed by atoms with E-state index in [9.17, 15) is 8.42 Å². The molecule has 0 saturated carbocycles. The standard InChI is InChI=1S/C17H28N2O2S/c1-14-13-19(22(3,20)21)12-11-17(14)18-15(2)9-10-16-7-5-4-6-8-16/h4-8,14-15,17-18H,9-13H2,1-3H3. The van der Waals surface area contributed by atoms with Crippen molar-refractivity contribution in [3.05, 3.63) is 35.9 Å². The lowest BCUT2D eigenvalue weighted by Crippen LogP contribution is -2.51. The highest BCUT2D eigenvalue weighted by Crippen LogP contribution is 2.20. The molecule has 3 atom stereocenters. The van der Waals surface area contributed by atoms with Gasteiger partial charge in [0, 0.05) is 25.2 Å². The Morgan fingerprint density at radius 1 is 1.32 bits per heavy atom. The van der Waals surface area contributed by atoms with Crippen LogP contribution in [0.5, 0.6) is 0 Å².